The predicted octanol–water partition coefficient (Wildman–Crippen LogP) is 1.63. The Morgan fingerprint density at radius 2 is 2.16 bits per heavy atom. The standard InChI is InChI=1S/C13H15N3O2S/c1-9-2-4-15(5-3-9)11(17)10-8-14-13-16(12(10)18)6-7-19-13/h6-9H,2-5H2,1H3. The molecule has 1 fully saturated rings. The normalized spacial score (nSPS) is 17.0. The minimum absolute atomic E-state index is 0.172. The van der Waals surface area contributed by atoms with Crippen LogP contribution in [0.5, 0.6) is 0 Å². The van der Waals surface area contributed by atoms with E-state index >= 15 is 0 Å². The number of carbonyl (C=O) groups excluding carboxylic acids is 1. The molecule has 0 aliphatic carbocycles. The number of carbonyl (C=O) groups is 1. The second-order valence-corrected chi connectivity index (χ2v) is 5.88. The first-order chi connectivity index (χ1) is 9.16. The number of thiazole rings is 1. The zero-order valence-electron chi connectivity index (χ0n) is 10.7. The first kappa shape index (κ1) is 12.3. The van der Waals surface area contributed by atoms with Gasteiger partial charge in [-0.1, -0.05) is 6.92 Å². The van der Waals surface area contributed by atoms with E-state index in [9.17, 15) is 9.59 Å². The fourth-order valence-corrected chi connectivity index (χ4v) is 3.03. The lowest BCUT2D eigenvalue weighted by Gasteiger charge is -2.30. The van der Waals surface area contributed by atoms with Crippen molar-refractivity contribution >= 4 is 22.2 Å². The maximum absolute atomic E-state index is 12.4. The summed E-state index contributed by atoms with van der Waals surface area (Å²) in [4.78, 5) is 31.1. The van der Waals surface area contributed by atoms with Crippen molar-refractivity contribution < 1.29 is 4.79 Å². The van der Waals surface area contributed by atoms with E-state index in [1.54, 1.807) is 16.5 Å². The summed E-state index contributed by atoms with van der Waals surface area (Å²) in [6.45, 7) is 3.65. The molecule has 0 spiro atoms. The Morgan fingerprint density at radius 3 is 2.89 bits per heavy atom. The molecule has 0 bridgehead atoms. The van der Waals surface area contributed by atoms with Crippen molar-refractivity contribution in [3.05, 3.63) is 33.7 Å². The summed E-state index contributed by atoms with van der Waals surface area (Å²) in [6, 6.07) is 0. The van der Waals surface area contributed by atoms with Gasteiger partial charge >= 0.3 is 0 Å². The maximum Gasteiger partial charge on any atom is 0.271 e. The zero-order chi connectivity index (χ0) is 13.4. The average Bonchev–Trinajstić information content (AvgIpc) is 2.88. The van der Waals surface area contributed by atoms with Crippen LogP contribution in [0.3, 0.4) is 0 Å². The van der Waals surface area contributed by atoms with Gasteiger partial charge in [0, 0.05) is 30.9 Å². The van der Waals surface area contributed by atoms with E-state index < -0.39 is 0 Å². The molecule has 0 unspecified atom stereocenters. The van der Waals surface area contributed by atoms with Gasteiger partial charge in [0.15, 0.2) is 4.96 Å². The number of likely N-dealkylation sites (tertiary alicyclic amines) is 1. The number of fused-ring (bicyclic) bond motifs is 1. The number of hydrogen-bond donors (Lipinski definition) is 0. The molecule has 1 aliphatic heterocycles. The zero-order valence-corrected chi connectivity index (χ0v) is 11.5. The topological polar surface area (TPSA) is 54.7 Å². The highest BCUT2D eigenvalue weighted by molar-refractivity contribution is 7.15. The van der Waals surface area contributed by atoms with Gasteiger partial charge in [-0.25, -0.2) is 4.98 Å². The molecular weight excluding hydrogens is 262 g/mol. The largest absolute Gasteiger partial charge is 0.338 e. The molecule has 0 atom stereocenters. The van der Waals surface area contributed by atoms with Gasteiger partial charge in [0.25, 0.3) is 11.5 Å². The highest BCUT2D eigenvalue weighted by Gasteiger charge is 2.24. The second-order valence-electron chi connectivity index (χ2n) is 5.01. The van der Waals surface area contributed by atoms with Gasteiger partial charge in [0.1, 0.15) is 5.56 Å². The summed E-state index contributed by atoms with van der Waals surface area (Å²) < 4.78 is 1.43. The highest BCUT2D eigenvalue weighted by atomic mass is 32.1. The van der Waals surface area contributed by atoms with Crippen molar-refractivity contribution in [2.75, 3.05) is 13.1 Å². The summed E-state index contributed by atoms with van der Waals surface area (Å²) in [6.07, 6.45) is 5.07. The smallest absolute Gasteiger partial charge is 0.271 e. The summed E-state index contributed by atoms with van der Waals surface area (Å²) in [5.74, 6) is 0.465. The average molecular weight is 277 g/mol. The number of rotatable bonds is 1. The fraction of sp³-hybridized carbons (Fsp3) is 0.462. The van der Waals surface area contributed by atoms with Gasteiger partial charge in [0.05, 0.1) is 0 Å². The van der Waals surface area contributed by atoms with Crippen molar-refractivity contribution in [3.63, 3.8) is 0 Å². The van der Waals surface area contributed by atoms with E-state index in [1.165, 1.54) is 21.9 Å². The quantitative estimate of drug-likeness (QED) is 0.796. The number of piperidine rings is 1. The molecule has 1 aliphatic rings. The van der Waals surface area contributed by atoms with Gasteiger partial charge in [-0.2, -0.15) is 0 Å². The van der Waals surface area contributed by atoms with Crippen LogP contribution in [0.4, 0.5) is 0 Å². The van der Waals surface area contributed by atoms with Crippen molar-refractivity contribution in [1.29, 1.82) is 0 Å². The molecule has 5 nitrogen and oxygen atoms in total. The number of hydrogen-bond acceptors (Lipinski definition) is 4. The van der Waals surface area contributed by atoms with E-state index in [0.29, 0.717) is 10.9 Å². The van der Waals surface area contributed by atoms with Crippen LogP contribution in [-0.4, -0.2) is 33.3 Å². The van der Waals surface area contributed by atoms with Gasteiger partial charge in [-0.3, -0.25) is 14.0 Å². The lowest BCUT2D eigenvalue weighted by Crippen LogP contribution is -2.40. The van der Waals surface area contributed by atoms with Gasteiger partial charge in [0.2, 0.25) is 0 Å². The maximum atomic E-state index is 12.4. The Balaban J connectivity index is 1.93. The molecule has 2 aromatic heterocycles. The van der Waals surface area contributed by atoms with Crippen LogP contribution in [0.15, 0.2) is 22.6 Å². The van der Waals surface area contributed by atoms with E-state index in [4.69, 9.17) is 0 Å². The monoisotopic (exact) mass is 277 g/mol. The Bertz CT molecular complexity index is 668. The third-order valence-corrected chi connectivity index (χ3v) is 4.41. The Morgan fingerprint density at radius 1 is 1.42 bits per heavy atom. The molecule has 0 aromatic carbocycles. The molecule has 3 heterocycles. The Labute approximate surface area is 114 Å². The van der Waals surface area contributed by atoms with Crippen LogP contribution in [0.2, 0.25) is 0 Å². The van der Waals surface area contributed by atoms with E-state index in [0.717, 1.165) is 25.9 Å². The van der Waals surface area contributed by atoms with Crippen LogP contribution in [-0.2, 0) is 0 Å². The molecule has 1 saturated heterocycles. The van der Waals surface area contributed by atoms with Gasteiger partial charge in [-0.05, 0) is 18.8 Å². The fourth-order valence-electron chi connectivity index (χ4n) is 2.35. The summed E-state index contributed by atoms with van der Waals surface area (Å²) in [5.41, 5.74) is -0.0969. The predicted molar refractivity (Wildman–Crippen MR) is 73.6 cm³/mol. The number of amides is 1. The minimum atomic E-state index is -0.269. The molecular formula is C13H15N3O2S. The summed E-state index contributed by atoms with van der Waals surface area (Å²) in [7, 11) is 0. The molecule has 2 aromatic rings. The van der Waals surface area contributed by atoms with Crippen molar-refractivity contribution in [2.45, 2.75) is 19.8 Å². The van der Waals surface area contributed by atoms with Crippen molar-refractivity contribution in [1.82, 2.24) is 14.3 Å². The Kier molecular flexibility index (Phi) is 3.10. The number of aromatic nitrogens is 2. The molecule has 100 valence electrons. The summed E-state index contributed by atoms with van der Waals surface area (Å²) >= 11 is 1.38. The lowest BCUT2D eigenvalue weighted by molar-refractivity contribution is 0.0695. The minimum Gasteiger partial charge on any atom is -0.338 e. The van der Waals surface area contributed by atoms with Gasteiger partial charge in [-0.15, -0.1) is 11.3 Å². The molecule has 6 heteroatoms. The van der Waals surface area contributed by atoms with E-state index in [2.05, 4.69) is 11.9 Å². The van der Waals surface area contributed by atoms with Crippen molar-refractivity contribution in [3.8, 4) is 0 Å². The second kappa shape index (κ2) is 4.77. The third kappa shape index (κ3) is 2.16. The van der Waals surface area contributed by atoms with Crippen LogP contribution in [0.1, 0.15) is 30.1 Å². The molecule has 0 saturated carbocycles. The molecule has 0 N–H and O–H groups in total. The summed E-state index contributed by atoms with van der Waals surface area (Å²) in [5, 5.41) is 1.79. The van der Waals surface area contributed by atoms with E-state index in [-0.39, 0.29) is 17.0 Å². The van der Waals surface area contributed by atoms with Crippen LogP contribution >= 0.6 is 11.3 Å². The number of nitrogens with zero attached hydrogens (tertiary/aromatic N) is 3. The van der Waals surface area contributed by atoms with Crippen LogP contribution in [0.25, 0.3) is 4.96 Å². The van der Waals surface area contributed by atoms with Crippen LogP contribution < -0.4 is 5.56 Å². The Hall–Kier alpha value is -1.69. The molecule has 3 rings (SSSR count). The van der Waals surface area contributed by atoms with E-state index in [1.807, 2.05) is 0 Å². The lowest BCUT2D eigenvalue weighted by atomic mass is 9.99. The first-order valence-corrected chi connectivity index (χ1v) is 7.29. The van der Waals surface area contributed by atoms with Gasteiger partial charge < -0.3 is 4.90 Å². The molecule has 19 heavy (non-hydrogen) atoms. The van der Waals surface area contributed by atoms with Crippen LogP contribution in [0, 0.1) is 5.92 Å². The SMILES string of the molecule is CC1CCN(C(=O)c2cnc3sccn3c2=O)CC1. The highest BCUT2D eigenvalue weighted by Crippen LogP contribution is 2.17. The third-order valence-electron chi connectivity index (χ3n) is 3.64. The molecule has 0 radical (unpaired) electrons. The van der Waals surface area contributed by atoms with Crippen molar-refractivity contribution in [2.24, 2.45) is 5.92 Å². The first-order valence-electron chi connectivity index (χ1n) is 6.41. The molecule has 1 amide bonds.